The zero-order chi connectivity index (χ0) is 11.5. The summed E-state index contributed by atoms with van der Waals surface area (Å²) >= 11 is 5.91. The third-order valence-electron chi connectivity index (χ3n) is 3.21. The Bertz CT molecular complexity index is 372. The molecule has 1 aromatic carbocycles. The first-order chi connectivity index (χ1) is 7.72. The van der Waals surface area contributed by atoms with Crippen molar-refractivity contribution in [2.75, 3.05) is 6.54 Å². The number of rotatable bonds is 2. The van der Waals surface area contributed by atoms with Gasteiger partial charge < -0.3 is 5.32 Å². The minimum atomic E-state index is -0.252. The van der Waals surface area contributed by atoms with Crippen molar-refractivity contribution in [2.24, 2.45) is 0 Å². The summed E-state index contributed by atoms with van der Waals surface area (Å²) in [4.78, 5) is 0. The maximum Gasteiger partial charge on any atom is 0.146 e. The molecule has 0 spiro atoms. The highest BCUT2D eigenvalue weighted by atomic mass is 35.5. The SMILES string of the molecule is CCc1cc(Cl)c(F)c(C2CCCCN2)c1. The fourth-order valence-electron chi connectivity index (χ4n) is 2.24. The van der Waals surface area contributed by atoms with Crippen LogP contribution in [0.5, 0.6) is 0 Å². The van der Waals surface area contributed by atoms with Gasteiger partial charge in [0.15, 0.2) is 0 Å². The Kier molecular flexibility index (Phi) is 3.82. The van der Waals surface area contributed by atoms with Crippen molar-refractivity contribution in [3.63, 3.8) is 0 Å². The van der Waals surface area contributed by atoms with Crippen LogP contribution in [0.4, 0.5) is 4.39 Å². The van der Waals surface area contributed by atoms with Gasteiger partial charge in [-0.15, -0.1) is 0 Å². The molecule has 0 saturated carbocycles. The minimum Gasteiger partial charge on any atom is -0.310 e. The van der Waals surface area contributed by atoms with Crippen LogP contribution in [-0.4, -0.2) is 6.54 Å². The maximum absolute atomic E-state index is 13.9. The first kappa shape index (κ1) is 11.9. The highest BCUT2D eigenvalue weighted by Gasteiger charge is 2.20. The van der Waals surface area contributed by atoms with Crippen molar-refractivity contribution in [3.05, 3.63) is 34.1 Å². The number of halogens is 2. The molecule has 3 heteroatoms. The minimum absolute atomic E-state index is 0.137. The van der Waals surface area contributed by atoms with Crippen LogP contribution in [-0.2, 0) is 6.42 Å². The van der Waals surface area contributed by atoms with Gasteiger partial charge in [-0.1, -0.05) is 31.0 Å². The van der Waals surface area contributed by atoms with Crippen LogP contribution in [0.1, 0.15) is 43.4 Å². The van der Waals surface area contributed by atoms with E-state index in [4.69, 9.17) is 11.6 Å². The quantitative estimate of drug-likeness (QED) is 0.829. The summed E-state index contributed by atoms with van der Waals surface area (Å²) in [6, 6.07) is 3.81. The van der Waals surface area contributed by atoms with Crippen molar-refractivity contribution in [3.8, 4) is 0 Å². The molecule has 16 heavy (non-hydrogen) atoms. The average molecular weight is 242 g/mol. The largest absolute Gasteiger partial charge is 0.310 e. The van der Waals surface area contributed by atoms with E-state index in [-0.39, 0.29) is 16.9 Å². The van der Waals surface area contributed by atoms with Gasteiger partial charge in [0.25, 0.3) is 0 Å². The molecule has 1 N–H and O–H groups in total. The Morgan fingerprint density at radius 3 is 2.88 bits per heavy atom. The van der Waals surface area contributed by atoms with Crippen LogP contribution in [0, 0.1) is 5.82 Å². The van der Waals surface area contributed by atoms with Gasteiger partial charge in [-0.25, -0.2) is 4.39 Å². The normalized spacial score (nSPS) is 21.1. The van der Waals surface area contributed by atoms with E-state index in [1.165, 1.54) is 6.42 Å². The lowest BCUT2D eigenvalue weighted by Gasteiger charge is -2.25. The Morgan fingerprint density at radius 2 is 2.25 bits per heavy atom. The number of hydrogen-bond donors (Lipinski definition) is 1. The van der Waals surface area contributed by atoms with Crippen LogP contribution in [0.15, 0.2) is 12.1 Å². The van der Waals surface area contributed by atoms with Crippen molar-refractivity contribution >= 4 is 11.6 Å². The first-order valence-corrected chi connectivity index (χ1v) is 6.31. The lowest BCUT2D eigenvalue weighted by molar-refractivity contribution is 0.399. The van der Waals surface area contributed by atoms with Crippen molar-refractivity contribution in [1.82, 2.24) is 5.32 Å². The van der Waals surface area contributed by atoms with Crippen LogP contribution >= 0.6 is 11.6 Å². The van der Waals surface area contributed by atoms with E-state index in [9.17, 15) is 4.39 Å². The summed E-state index contributed by atoms with van der Waals surface area (Å²) < 4.78 is 13.9. The van der Waals surface area contributed by atoms with Crippen LogP contribution in [0.2, 0.25) is 5.02 Å². The van der Waals surface area contributed by atoms with Crippen molar-refractivity contribution < 1.29 is 4.39 Å². The average Bonchev–Trinajstić information content (AvgIpc) is 2.33. The molecular formula is C13H17ClFN. The molecule has 88 valence electrons. The molecule has 2 rings (SSSR count). The molecule has 0 bridgehead atoms. The van der Waals surface area contributed by atoms with Gasteiger partial charge in [0, 0.05) is 11.6 Å². The number of benzene rings is 1. The predicted molar refractivity (Wildman–Crippen MR) is 65.4 cm³/mol. The van der Waals surface area contributed by atoms with Gasteiger partial charge in [0.05, 0.1) is 5.02 Å². The second kappa shape index (κ2) is 5.15. The lowest BCUT2D eigenvalue weighted by atomic mass is 9.95. The molecule has 0 aliphatic carbocycles. The Labute approximate surface area is 101 Å². The zero-order valence-corrected chi connectivity index (χ0v) is 10.3. The first-order valence-electron chi connectivity index (χ1n) is 5.93. The van der Waals surface area contributed by atoms with E-state index in [1.807, 2.05) is 6.07 Å². The van der Waals surface area contributed by atoms with Gasteiger partial charge >= 0.3 is 0 Å². The fourth-order valence-corrected chi connectivity index (χ4v) is 2.49. The molecule has 1 aromatic rings. The fraction of sp³-hybridized carbons (Fsp3) is 0.538. The van der Waals surface area contributed by atoms with Crippen LogP contribution in [0.3, 0.4) is 0 Å². The molecule has 1 atom stereocenters. The lowest BCUT2D eigenvalue weighted by Crippen LogP contribution is -2.27. The van der Waals surface area contributed by atoms with Gasteiger partial charge in [-0.05, 0) is 37.4 Å². The summed E-state index contributed by atoms with van der Waals surface area (Å²) in [5.41, 5.74) is 1.85. The highest BCUT2D eigenvalue weighted by molar-refractivity contribution is 6.30. The van der Waals surface area contributed by atoms with E-state index in [1.54, 1.807) is 6.07 Å². The second-order valence-corrected chi connectivity index (χ2v) is 4.74. The van der Waals surface area contributed by atoms with E-state index < -0.39 is 0 Å². The smallest absolute Gasteiger partial charge is 0.146 e. The van der Waals surface area contributed by atoms with Crippen LogP contribution < -0.4 is 5.32 Å². The predicted octanol–water partition coefficient (Wildman–Crippen LogP) is 3.86. The number of hydrogen-bond acceptors (Lipinski definition) is 1. The molecule has 0 amide bonds. The Morgan fingerprint density at radius 1 is 1.44 bits per heavy atom. The summed E-state index contributed by atoms with van der Waals surface area (Å²) in [6.45, 7) is 3.03. The summed E-state index contributed by atoms with van der Waals surface area (Å²) in [5.74, 6) is -0.252. The van der Waals surface area contributed by atoms with Gasteiger partial charge in [-0.3, -0.25) is 0 Å². The molecule has 1 fully saturated rings. The number of aryl methyl sites for hydroxylation is 1. The van der Waals surface area contributed by atoms with E-state index in [0.717, 1.165) is 36.9 Å². The number of nitrogens with one attached hydrogen (secondary N) is 1. The molecule has 1 nitrogen and oxygen atoms in total. The highest BCUT2D eigenvalue weighted by Crippen LogP contribution is 2.30. The summed E-state index contributed by atoms with van der Waals surface area (Å²) in [7, 11) is 0. The topological polar surface area (TPSA) is 12.0 Å². The van der Waals surface area contributed by atoms with Gasteiger partial charge in [0.2, 0.25) is 0 Å². The molecule has 1 unspecified atom stereocenters. The molecule has 0 radical (unpaired) electrons. The molecule has 1 heterocycles. The number of piperidine rings is 1. The summed E-state index contributed by atoms with van der Waals surface area (Å²) in [6.07, 6.45) is 4.23. The van der Waals surface area contributed by atoms with E-state index >= 15 is 0 Å². The summed E-state index contributed by atoms with van der Waals surface area (Å²) in [5, 5.41) is 3.61. The molecular weight excluding hydrogens is 225 g/mol. The van der Waals surface area contributed by atoms with E-state index in [0.29, 0.717) is 0 Å². The van der Waals surface area contributed by atoms with Crippen molar-refractivity contribution in [1.29, 1.82) is 0 Å². The Balaban J connectivity index is 2.33. The zero-order valence-electron chi connectivity index (χ0n) is 9.52. The van der Waals surface area contributed by atoms with Gasteiger partial charge in [0.1, 0.15) is 5.82 Å². The third-order valence-corrected chi connectivity index (χ3v) is 3.49. The second-order valence-electron chi connectivity index (χ2n) is 4.34. The molecule has 1 saturated heterocycles. The van der Waals surface area contributed by atoms with Crippen molar-refractivity contribution in [2.45, 2.75) is 38.6 Å². The van der Waals surface area contributed by atoms with E-state index in [2.05, 4.69) is 12.2 Å². The standard InChI is InChI=1S/C13H17ClFN/c1-2-9-7-10(13(15)11(14)8-9)12-5-3-4-6-16-12/h7-8,12,16H,2-6H2,1H3. The molecule has 0 aromatic heterocycles. The van der Waals surface area contributed by atoms with Crippen LogP contribution in [0.25, 0.3) is 0 Å². The van der Waals surface area contributed by atoms with Gasteiger partial charge in [-0.2, -0.15) is 0 Å². The maximum atomic E-state index is 13.9. The third kappa shape index (κ3) is 2.38. The Hall–Kier alpha value is -0.600. The molecule has 1 aliphatic heterocycles. The monoisotopic (exact) mass is 241 g/mol. The molecule has 1 aliphatic rings.